The van der Waals surface area contributed by atoms with Crippen LogP contribution in [0.25, 0.3) is 0 Å². The molecule has 6 heteroatoms. The average Bonchev–Trinajstić information content (AvgIpc) is 3.30. The first-order valence-corrected chi connectivity index (χ1v) is 9.90. The zero-order valence-electron chi connectivity index (χ0n) is 15.7. The van der Waals surface area contributed by atoms with Gasteiger partial charge in [-0.2, -0.15) is 0 Å². The minimum absolute atomic E-state index is 0.00162. The second-order valence-corrected chi connectivity index (χ2v) is 7.94. The summed E-state index contributed by atoms with van der Waals surface area (Å²) in [7, 11) is 1.58. The Kier molecular flexibility index (Phi) is 5.27. The van der Waals surface area contributed by atoms with E-state index in [4.69, 9.17) is 16.3 Å². The van der Waals surface area contributed by atoms with Gasteiger partial charge in [0.1, 0.15) is 5.75 Å². The molecule has 2 fully saturated rings. The molecule has 146 valence electrons. The standard InChI is InChI=1S/C22H23ClN2O3/c1-28-17-8-7-16(18(23)12-17)11-21(26)25-13-14-9-19(20(25)10-14)24-22(27)15-5-3-2-4-6-15/h2-8,12,14,19-20H,9-11,13H2,1H3,(H,24,27)/t14-,19+,20-/m1/s1. The summed E-state index contributed by atoms with van der Waals surface area (Å²) in [5.41, 5.74) is 1.44. The summed E-state index contributed by atoms with van der Waals surface area (Å²) in [6, 6.07) is 14.6. The van der Waals surface area contributed by atoms with E-state index in [-0.39, 0.29) is 30.3 Å². The Morgan fingerprint density at radius 2 is 1.96 bits per heavy atom. The molecule has 2 aliphatic rings. The molecule has 2 amide bonds. The molecule has 1 aliphatic heterocycles. The monoisotopic (exact) mass is 398 g/mol. The van der Waals surface area contributed by atoms with Gasteiger partial charge >= 0.3 is 0 Å². The maximum atomic E-state index is 12.9. The molecule has 3 atom stereocenters. The molecule has 2 bridgehead atoms. The van der Waals surface area contributed by atoms with Crippen LogP contribution in [0.2, 0.25) is 5.02 Å². The van der Waals surface area contributed by atoms with Gasteiger partial charge in [-0.15, -0.1) is 0 Å². The molecule has 0 aromatic heterocycles. The van der Waals surface area contributed by atoms with Crippen molar-refractivity contribution < 1.29 is 14.3 Å². The summed E-state index contributed by atoms with van der Waals surface area (Å²) in [4.78, 5) is 27.4. The van der Waals surface area contributed by atoms with Crippen LogP contribution in [0.3, 0.4) is 0 Å². The average molecular weight is 399 g/mol. The van der Waals surface area contributed by atoms with Crippen molar-refractivity contribution in [2.75, 3.05) is 13.7 Å². The fraction of sp³-hybridized carbons (Fsp3) is 0.364. The van der Waals surface area contributed by atoms with Crippen LogP contribution in [0.15, 0.2) is 48.5 Å². The molecule has 0 unspecified atom stereocenters. The summed E-state index contributed by atoms with van der Waals surface area (Å²) in [6.07, 6.45) is 2.13. The number of amides is 2. The van der Waals surface area contributed by atoms with Gasteiger partial charge < -0.3 is 15.0 Å². The number of benzene rings is 2. The quantitative estimate of drug-likeness (QED) is 0.840. The highest BCUT2D eigenvalue weighted by atomic mass is 35.5. The Bertz CT molecular complexity index is 887. The minimum Gasteiger partial charge on any atom is -0.497 e. The number of nitrogens with one attached hydrogen (secondary N) is 1. The van der Waals surface area contributed by atoms with Gasteiger partial charge in [0.2, 0.25) is 5.91 Å². The highest BCUT2D eigenvalue weighted by Gasteiger charge is 2.47. The minimum atomic E-state index is -0.0799. The van der Waals surface area contributed by atoms with Crippen LogP contribution < -0.4 is 10.1 Å². The number of carbonyl (C=O) groups is 2. The number of ether oxygens (including phenoxy) is 1. The third-order valence-corrected chi connectivity index (χ3v) is 6.11. The van der Waals surface area contributed by atoms with Crippen LogP contribution >= 0.6 is 11.6 Å². The first kappa shape index (κ1) is 18.8. The molecular formula is C22H23ClN2O3. The highest BCUT2D eigenvalue weighted by molar-refractivity contribution is 6.31. The molecule has 0 spiro atoms. The number of carbonyl (C=O) groups excluding carboxylic acids is 2. The Balaban J connectivity index is 1.42. The molecule has 0 radical (unpaired) electrons. The van der Waals surface area contributed by atoms with Gasteiger partial charge in [-0.1, -0.05) is 35.9 Å². The maximum absolute atomic E-state index is 12.9. The second kappa shape index (κ2) is 7.84. The van der Waals surface area contributed by atoms with Crippen LogP contribution in [0.1, 0.15) is 28.8 Å². The van der Waals surface area contributed by atoms with E-state index in [1.807, 2.05) is 35.2 Å². The van der Waals surface area contributed by atoms with Crippen molar-refractivity contribution >= 4 is 23.4 Å². The number of fused-ring (bicyclic) bond motifs is 2. The number of halogens is 1. The normalized spacial score (nSPS) is 22.9. The SMILES string of the molecule is COc1ccc(CC(=O)N2C[C@@H]3C[C@H](NC(=O)c4ccccc4)[C@H]2C3)c(Cl)c1. The van der Waals surface area contributed by atoms with E-state index >= 15 is 0 Å². The van der Waals surface area contributed by atoms with Gasteiger partial charge in [0.25, 0.3) is 5.91 Å². The summed E-state index contributed by atoms with van der Waals surface area (Å²) in [6.45, 7) is 0.759. The summed E-state index contributed by atoms with van der Waals surface area (Å²) < 4.78 is 5.16. The van der Waals surface area contributed by atoms with Gasteiger partial charge in [0, 0.05) is 23.2 Å². The lowest BCUT2D eigenvalue weighted by Crippen LogP contribution is -2.52. The lowest BCUT2D eigenvalue weighted by molar-refractivity contribution is -0.132. The zero-order valence-corrected chi connectivity index (χ0v) is 16.5. The van der Waals surface area contributed by atoms with Crippen LogP contribution in [0.4, 0.5) is 0 Å². The highest BCUT2D eigenvalue weighted by Crippen LogP contribution is 2.38. The number of hydrogen-bond acceptors (Lipinski definition) is 3. The molecule has 1 N–H and O–H groups in total. The molecule has 1 saturated heterocycles. The topological polar surface area (TPSA) is 58.6 Å². The number of nitrogens with zero attached hydrogens (tertiary/aromatic N) is 1. The first-order valence-electron chi connectivity index (χ1n) is 9.53. The molecule has 28 heavy (non-hydrogen) atoms. The Labute approximate surface area is 169 Å². The molecule has 1 saturated carbocycles. The van der Waals surface area contributed by atoms with E-state index in [2.05, 4.69) is 5.32 Å². The summed E-state index contributed by atoms with van der Waals surface area (Å²) >= 11 is 6.30. The number of methoxy groups -OCH3 is 1. The maximum Gasteiger partial charge on any atom is 0.251 e. The third-order valence-electron chi connectivity index (χ3n) is 5.76. The first-order chi connectivity index (χ1) is 13.5. The second-order valence-electron chi connectivity index (χ2n) is 7.53. The summed E-state index contributed by atoms with van der Waals surface area (Å²) in [5, 5.41) is 3.66. The van der Waals surface area contributed by atoms with Gasteiger partial charge in [-0.05, 0) is 48.6 Å². The van der Waals surface area contributed by atoms with Crippen molar-refractivity contribution in [3.05, 3.63) is 64.7 Å². The fourth-order valence-corrected chi connectivity index (χ4v) is 4.61. The largest absolute Gasteiger partial charge is 0.497 e. The van der Waals surface area contributed by atoms with Crippen molar-refractivity contribution in [1.82, 2.24) is 10.2 Å². The molecule has 2 aromatic rings. The van der Waals surface area contributed by atoms with Crippen molar-refractivity contribution in [3.8, 4) is 5.75 Å². The van der Waals surface area contributed by atoms with Crippen LogP contribution in [0.5, 0.6) is 5.75 Å². The Morgan fingerprint density at radius 1 is 1.18 bits per heavy atom. The van der Waals surface area contributed by atoms with E-state index < -0.39 is 0 Å². The summed E-state index contributed by atoms with van der Waals surface area (Å²) in [5.74, 6) is 1.09. The number of rotatable bonds is 5. The van der Waals surface area contributed by atoms with Crippen LogP contribution in [-0.4, -0.2) is 42.5 Å². The van der Waals surface area contributed by atoms with Crippen molar-refractivity contribution in [1.29, 1.82) is 0 Å². The van der Waals surface area contributed by atoms with E-state index in [0.717, 1.165) is 24.9 Å². The van der Waals surface area contributed by atoms with Crippen LogP contribution in [-0.2, 0) is 11.2 Å². The molecule has 1 heterocycles. The van der Waals surface area contributed by atoms with Gasteiger partial charge in [-0.3, -0.25) is 9.59 Å². The smallest absolute Gasteiger partial charge is 0.251 e. The van der Waals surface area contributed by atoms with Gasteiger partial charge in [0.15, 0.2) is 0 Å². The Morgan fingerprint density at radius 3 is 2.64 bits per heavy atom. The van der Waals surface area contributed by atoms with E-state index in [0.29, 0.717) is 22.3 Å². The number of hydrogen-bond donors (Lipinski definition) is 1. The molecule has 1 aliphatic carbocycles. The predicted octanol–water partition coefficient (Wildman–Crippen LogP) is 3.31. The van der Waals surface area contributed by atoms with E-state index in [1.54, 1.807) is 25.3 Å². The van der Waals surface area contributed by atoms with E-state index in [1.165, 1.54) is 0 Å². The van der Waals surface area contributed by atoms with Gasteiger partial charge in [0.05, 0.1) is 19.6 Å². The fourth-order valence-electron chi connectivity index (χ4n) is 4.37. The molecular weight excluding hydrogens is 376 g/mol. The van der Waals surface area contributed by atoms with Crippen molar-refractivity contribution in [2.24, 2.45) is 5.92 Å². The number of likely N-dealkylation sites (tertiary alicyclic amines) is 1. The molecule has 5 nitrogen and oxygen atoms in total. The van der Waals surface area contributed by atoms with Crippen molar-refractivity contribution in [2.45, 2.75) is 31.3 Å². The van der Waals surface area contributed by atoms with Crippen molar-refractivity contribution in [3.63, 3.8) is 0 Å². The number of piperidine rings is 1. The zero-order chi connectivity index (χ0) is 19.7. The Hall–Kier alpha value is -2.53. The van der Waals surface area contributed by atoms with Gasteiger partial charge in [-0.25, -0.2) is 0 Å². The lowest BCUT2D eigenvalue weighted by atomic mass is 10.0. The molecule has 2 aromatic carbocycles. The molecule has 4 rings (SSSR count). The predicted molar refractivity (Wildman–Crippen MR) is 108 cm³/mol. The third kappa shape index (κ3) is 3.72. The lowest BCUT2D eigenvalue weighted by Gasteiger charge is -2.34. The van der Waals surface area contributed by atoms with E-state index in [9.17, 15) is 9.59 Å². The van der Waals surface area contributed by atoms with Crippen LogP contribution in [0, 0.1) is 5.92 Å².